The average molecular weight is 648 g/mol. The molecule has 3 rings (SSSR count). The second-order valence-corrected chi connectivity index (χ2v) is 10.1. The van der Waals surface area contributed by atoms with Crippen LogP contribution in [0, 0.1) is 0 Å². The number of hydrogen-bond donors (Lipinski definition) is 2. The zero-order chi connectivity index (χ0) is 24.5. The minimum absolute atomic E-state index is 0.421. The van der Waals surface area contributed by atoms with E-state index in [1.54, 1.807) is 5.43 Å². The SMILES string of the molecule is CC(=NN=C(NN=C(C)c1ccc(Br)cc1)[NH2+]N=C(C)c1ccc(Br)cc1)c1ccc(Br)cc1. The van der Waals surface area contributed by atoms with Gasteiger partial charge in [0.2, 0.25) is 0 Å². The Morgan fingerprint density at radius 1 is 0.588 bits per heavy atom. The number of hydrazone groups is 1. The maximum atomic E-state index is 4.58. The predicted octanol–water partition coefficient (Wildman–Crippen LogP) is 6.06. The second-order valence-electron chi connectivity index (χ2n) is 7.34. The molecule has 34 heavy (non-hydrogen) atoms. The van der Waals surface area contributed by atoms with E-state index in [1.165, 1.54) is 0 Å². The van der Waals surface area contributed by atoms with Gasteiger partial charge in [0.25, 0.3) is 0 Å². The maximum Gasteiger partial charge on any atom is 0.365 e. The Morgan fingerprint density at radius 2 is 1.00 bits per heavy atom. The summed E-state index contributed by atoms with van der Waals surface area (Å²) in [6.45, 7) is 5.79. The van der Waals surface area contributed by atoms with Crippen LogP contribution >= 0.6 is 47.8 Å². The molecule has 0 aliphatic rings. The van der Waals surface area contributed by atoms with Crippen LogP contribution in [0.1, 0.15) is 37.5 Å². The summed E-state index contributed by atoms with van der Waals surface area (Å²) >= 11 is 10.4. The van der Waals surface area contributed by atoms with Crippen LogP contribution in [0.25, 0.3) is 0 Å². The highest BCUT2D eigenvalue weighted by atomic mass is 79.9. The van der Waals surface area contributed by atoms with Crippen LogP contribution < -0.4 is 10.9 Å². The first-order chi connectivity index (χ1) is 16.3. The summed E-state index contributed by atoms with van der Waals surface area (Å²) < 4.78 is 3.05. The number of nitrogens with two attached hydrogens (primary N) is 1. The fourth-order valence-corrected chi connectivity index (χ4v) is 3.57. The van der Waals surface area contributed by atoms with E-state index in [0.717, 1.165) is 47.2 Å². The third-order valence-corrected chi connectivity index (χ3v) is 6.40. The van der Waals surface area contributed by atoms with Crippen molar-refractivity contribution in [1.82, 2.24) is 5.43 Å². The molecule has 0 saturated heterocycles. The van der Waals surface area contributed by atoms with Gasteiger partial charge in [0, 0.05) is 19.0 Å². The first-order valence-corrected chi connectivity index (χ1v) is 12.8. The largest absolute Gasteiger partial charge is 0.365 e. The maximum absolute atomic E-state index is 4.58. The predicted molar refractivity (Wildman–Crippen MR) is 152 cm³/mol. The first kappa shape index (κ1) is 26.2. The Morgan fingerprint density at radius 3 is 1.47 bits per heavy atom. The van der Waals surface area contributed by atoms with Crippen LogP contribution in [0.15, 0.2) is 107 Å². The number of guanidine groups is 1. The molecule has 0 bridgehead atoms. The minimum Gasteiger partial charge on any atom is -0.211 e. The number of benzene rings is 3. The van der Waals surface area contributed by atoms with Gasteiger partial charge < -0.3 is 0 Å². The van der Waals surface area contributed by atoms with Crippen LogP contribution in [0.2, 0.25) is 0 Å². The molecule has 3 aromatic rings. The van der Waals surface area contributed by atoms with E-state index >= 15 is 0 Å². The van der Waals surface area contributed by atoms with Gasteiger partial charge >= 0.3 is 5.96 Å². The highest BCUT2D eigenvalue weighted by molar-refractivity contribution is 9.11. The molecule has 0 unspecified atom stereocenters. The molecule has 6 nitrogen and oxygen atoms in total. The molecule has 0 aromatic heterocycles. The number of nitrogens with one attached hydrogen (secondary N) is 1. The first-order valence-electron chi connectivity index (χ1n) is 10.4. The summed E-state index contributed by atoms with van der Waals surface area (Å²) in [4.78, 5) is 0. The van der Waals surface area contributed by atoms with E-state index in [2.05, 4.69) is 73.6 Å². The summed E-state index contributed by atoms with van der Waals surface area (Å²) in [6, 6.07) is 23.9. The van der Waals surface area contributed by atoms with Gasteiger partial charge in [-0.25, -0.2) is 5.43 Å². The number of halogens is 3. The number of rotatable bonds is 6. The van der Waals surface area contributed by atoms with E-state index < -0.39 is 0 Å². The average Bonchev–Trinajstić information content (AvgIpc) is 2.84. The van der Waals surface area contributed by atoms with Crippen molar-refractivity contribution >= 4 is 70.9 Å². The zero-order valence-electron chi connectivity index (χ0n) is 18.9. The lowest BCUT2D eigenvalue weighted by Crippen LogP contribution is -2.86. The Hall–Kier alpha value is -2.46. The Bertz CT molecular complexity index is 1160. The van der Waals surface area contributed by atoms with Gasteiger partial charge in [-0.3, -0.25) is 0 Å². The summed E-state index contributed by atoms with van der Waals surface area (Å²) in [7, 11) is 0. The smallest absolute Gasteiger partial charge is 0.211 e. The van der Waals surface area contributed by atoms with Crippen molar-refractivity contribution in [2.75, 3.05) is 0 Å². The molecule has 0 amide bonds. The standard InChI is InChI=1S/C25H23Br3N6/c1-16(19-4-10-22(26)11-5-19)29-32-25(33-30-17(2)20-6-12-23(27)13-7-20)34-31-18(3)21-8-14-24(28)15-9-21/h4-15H,1-3H3,(H2,32,33,34)/p+1. The van der Waals surface area contributed by atoms with Crippen molar-refractivity contribution < 1.29 is 5.43 Å². The van der Waals surface area contributed by atoms with E-state index in [4.69, 9.17) is 0 Å². The van der Waals surface area contributed by atoms with Gasteiger partial charge in [0.1, 0.15) is 5.71 Å². The molecule has 174 valence electrons. The van der Waals surface area contributed by atoms with E-state index in [1.807, 2.05) is 93.6 Å². The summed E-state index contributed by atoms with van der Waals surface area (Å²) in [5.74, 6) is 0.421. The summed E-state index contributed by atoms with van der Waals surface area (Å²) in [5.41, 5.74) is 10.1. The van der Waals surface area contributed by atoms with Gasteiger partial charge in [-0.05, 0) is 68.3 Å². The van der Waals surface area contributed by atoms with Crippen molar-refractivity contribution in [3.8, 4) is 0 Å². The van der Waals surface area contributed by atoms with Crippen molar-refractivity contribution in [2.45, 2.75) is 20.8 Å². The zero-order valence-corrected chi connectivity index (χ0v) is 23.7. The van der Waals surface area contributed by atoms with Gasteiger partial charge in [-0.1, -0.05) is 94.4 Å². The van der Waals surface area contributed by atoms with Crippen molar-refractivity contribution in [2.24, 2.45) is 20.4 Å². The number of quaternary nitrogens is 1. The number of nitrogens with zero attached hydrogens (tertiary/aromatic N) is 4. The molecular formula is C25H24Br3N6+. The Labute approximate surface area is 224 Å². The van der Waals surface area contributed by atoms with E-state index in [-0.39, 0.29) is 0 Å². The highest BCUT2D eigenvalue weighted by Gasteiger charge is 2.07. The summed E-state index contributed by atoms with van der Waals surface area (Å²) in [5, 5.41) is 17.8. The molecular weight excluding hydrogens is 624 g/mol. The lowest BCUT2D eigenvalue weighted by atomic mass is 10.1. The van der Waals surface area contributed by atoms with Crippen molar-refractivity contribution in [3.05, 3.63) is 103 Å². The Balaban J connectivity index is 1.84. The normalized spacial score (nSPS) is 13.2. The number of hydrogen-bond acceptors (Lipinski definition) is 4. The molecule has 0 atom stereocenters. The van der Waals surface area contributed by atoms with Gasteiger partial charge in [0.15, 0.2) is 0 Å². The molecule has 9 heteroatoms. The van der Waals surface area contributed by atoms with Crippen LogP contribution in [0.3, 0.4) is 0 Å². The van der Waals surface area contributed by atoms with E-state index in [0.29, 0.717) is 5.96 Å². The Kier molecular flexibility index (Phi) is 9.88. The van der Waals surface area contributed by atoms with Gasteiger partial charge in [0.05, 0.1) is 11.4 Å². The lowest BCUT2D eigenvalue weighted by molar-refractivity contribution is -0.549. The second kappa shape index (κ2) is 12.9. The highest BCUT2D eigenvalue weighted by Crippen LogP contribution is 2.13. The summed E-state index contributed by atoms with van der Waals surface area (Å²) in [6.07, 6.45) is 0. The third-order valence-electron chi connectivity index (χ3n) is 4.81. The minimum atomic E-state index is 0.421. The van der Waals surface area contributed by atoms with Gasteiger partial charge in [-0.2, -0.15) is 10.5 Å². The molecule has 0 aliphatic carbocycles. The molecule has 3 aromatic carbocycles. The van der Waals surface area contributed by atoms with E-state index in [9.17, 15) is 0 Å². The molecule has 0 fully saturated rings. The van der Waals surface area contributed by atoms with Crippen LogP contribution in [0.5, 0.6) is 0 Å². The lowest BCUT2D eigenvalue weighted by Gasteiger charge is -2.04. The molecule has 3 N–H and O–H groups in total. The topological polar surface area (TPSA) is 78.1 Å². The molecule has 0 aliphatic heterocycles. The molecule has 0 heterocycles. The monoisotopic (exact) mass is 645 g/mol. The van der Waals surface area contributed by atoms with Crippen molar-refractivity contribution in [3.63, 3.8) is 0 Å². The van der Waals surface area contributed by atoms with Crippen LogP contribution in [-0.2, 0) is 0 Å². The quantitative estimate of drug-likeness (QED) is 0.145. The third kappa shape index (κ3) is 8.09. The van der Waals surface area contributed by atoms with Gasteiger partial charge in [-0.15, -0.1) is 5.10 Å². The molecule has 0 radical (unpaired) electrons. The van der Waals surface area contributed by atoms with Crippen LogP contribution in [0.4, 0.5) is 0 Å². The fourth-order valence-electron chi connectivity index (χ4n) is 2.78. The molecule has 0 saturated carbocycles. The van der Waals surface area contributed by atoms with Crippen LogP contribution in [-0.4, -0.2) is 23.1 Å². The fraction of sp³-hybridized carbons (Fsp3) is 0.120. The van der Waals surface area contributed by atoms with Crippen molar-refractivity contribution in [1.29, 1.82) is 0 Å². The molecule has 0 spiro atoms.